The zero-order valence-corrected chi connectivity index (χ0v) is 15.6. The van der Waals surface area contributed by atoms with Gasteiger partial charge in [0.1, 0.15) is 0 Å². The van der Waals surface area contributed by atoms with Gasteiger partial charge in [-0.2, -0.15) is 0 Å². The van der Waals surface area contributed by atoms with E-state index < -0.39 is 0 Å². The van der Waals surface area contributed by atoms with E-state index in [0.29, 0.717) is 6.04 Å². The van der Waals surface area contributed by atoms with Gasteiger partial charge >= 0.3 is 0 Å². The Kier molecular flexibility index (Phi) is 6.70. The van der Waals surface area contributed by atoms with Gasteiger partial charge in [-0.1, -0.05) is 38.1 Å². The molecule has 2 aliphatic heterocycles. The summed E-state index contributed by atoms with van der Waals surface area (Å²) < 4.78 is 0. The van der Waals surface area contributed by atoms with Crippen LogP contribution in [-0.2, 0) is 6.54 Å². The van der Waals surface area contributed by atoms with E-state index >= 15 is 0 Å². The highest BCUT2D eigenvalue weighted by Gasteiger charge is 2.28. The third-order valence-corrected chi connectivity index (χ3v) is 5.96. The molecule has 24 heavy (non-hydrogen) atoms. The first-order valence-corrected chi connectivity index (χ1v) is 10.1. The largest absolute Gasteiger partial charge is 0.317 e. The maximum Gasteiger partial charge on any atom is 0.0377 e. The van der Waals surface area contributed by atoms with Crippen LogP contribution in [0, 0.1) is 5.92 Å². The third kappa shape index (κ3) is 4.38. The Morgan fingerprint density at radius 2 is 1.67 bits per heavy atom. The quantitative estimate of drug-likeness (QED) is 0.823. The van der Waals surface area contributed by atoms with Crippen LogP contribution in [0.5, 0.6) is 0 Å². The molecule has 1 atom stereocenters. The van der Waals surface area contributed by atoms with Gasteiger partial charge in [0.25, 0.3) is 0 Å². The van der Waals surface area contributed by atoms with Crippen molar-refractivity contribution in [3.05, 3.63) is 35.4 Å². The number of rotatable bonds is 7. The summed E-state index contributed by atoms with van der Waals surface area (Å²) in [5.41, 5.74) is 3.00. The maximum atomic E-state index is 3.52. The Hall–Kier alpha value is -0.900. The smallest absolute Gasteiger partial charge is 0.0377 e. The van der Waals surface area contributed by atoms with Crippen LogP contribution in [-0.4, -0.2) is 49.1 Å². The first-order chi connectivity index (χ1) is 11.8. The molecule has 1 unspecified atom stereocenters. The number of hydrogen-bond acceptors (Lipinski definition) is 3. The Morgan fingerprint density at radius 3 is 2.25 bits per heavy atom. The standard InChI is InChI=1S/C21H35N3/c1-3-24(4-2)21(20-11-13-22-14-12-20)19-9-7-18(8-10-19)17-23-15-5-6-16-23/h7-10,20-22H,3-6,11-17H2,1-2H3. The third-order valence-electron chi connectivity index (χ3n) is 5.96. The summed E-state index contributed by atoms with van der Waals surface area (Å²) in [4.78, 5) is 5.25. The zero-order chi connectivity index (χ0) is 16.8. The molecule has 1 N–H and O–H groups in total. The van der Waals surface area contributed by atoms with Gasteiger partial charge in [-0.3, -0.25) is 9.80 Å². The van der Waals surface area contributed by atoms with Crippen LogP contribution >= 0.6 is 0 Å². The van der Waals surface area contributed by atoms with Crippen LogP contribution in [0.3, 0.4) is 0 Å². The summed E-state index contributed by atoms with van der Waals surface area (Å²) in [6, 6.07) is 10.2. The van der Waals surface area contributed by atoms with Gasteiger partial charge in [0.2, 0.25) is 0 Å². The number of hydrogen-bond donors (Lipinski definition) is 1. The molecule has 0 spiro atoms. The lowest BCUT2D eigenvalue weighted by molar-refractivity contribution is 0.133. The van der Waals surface area contributed by atoms with Crippen LogP contribution in [0.4, 0.5) is 0 Å². The lowest BCUT2D eigenvalue weighted by Gasteiger charge is -2.38. The fraction of sp³-hybridized carbons (Fsp3) is 0.714. The summed E-state index contributed by atoms with van der Waals surface area (Å²) in [6.45, 7) is 12.9. The monoisotopic (exact) mass is 329 g/mol. The predicted molar refractivity (Wildman–Crippen MR) is 102 cm³/mol. The van der Waals surface area contributed by atoms with Crippen LogP contribution < -0.4 is 5.32 Å². The molecular formula is C21H35N3. The Labute approximate surface area is 148 Å². The first kappa shape index (κ1) is 17.9. The Morgan fingerprint density at radius 1 is 1.04 bits per heavy atom. The van der Waals surface area contributed by atoms with E-state index in [9.17, 15) is 0 Å². The van der Waals surface area contributed by atoms with Crippen LogP contribution in [0.2, 0.25) is 0 Å². The summed E-state index contributed by atoms with van der Waals surface area (Å²) in [6.07, 6.45) is 5.35. The van der Waals surface area contributed by atoms with Gasteiger partial charge in [0, 0.05) is 12.6 Å². The molecule has 0 radical (unpaired) electrons. The molecule has 0 saturated carbocycles. The number of piperidine rings is 1. The summed E-state index contributed by atoms with van der Waals surface area (Å²) in [5.74, 6) is 0.788. The van der Waals surface area contributed by atoms with E-state index in [4.69, 9.17) is 0 Å². The predicted octanol–water partition coefficient (Wildman–Crippen LogP) is 3.66. The zero-order valence-electron chi connectivity index (χ0n) is 15.6. The van der Waals surface area contributed by atoms with Crippen molar-refractivity contribution in [1.82, 2.24) is 15.1 Å². The molecule has 2 heterocycles. The minimum atomic E-state index is 0.586. The minimum Gasteiger partial charge on any atom is -0.317 e. The lowest BCUT2D eigenvalue weighted by Crippen LogP contribution is -2.39. The highest BCUT2D eigenvalue weighted by molar-refractivity contribution is 5.26. The molecule has 1 aromatic rings. The van der Waals surface area contributed by atoms with E-state index in [1.807, 2.05) is 0 Å². The normalized spacial score (nSPS) is 21.5. The molecule has 0 aromatic heterocycles. The number of benzene rings is 1. The molecule has 0 bridgehead atoms. The highest BCUT2D eigenvalue weighted by atomic mass is 15.2. The summed E-state index contributed by atoms with van der Waals surface area (Å²) in [7, 11) is 0. The van der Waals surface area contributed by atoms with Crippen molar-refractivity contribution >= 4 is 0 Å². The van der Waals surface area contributed by atoms with Gasteiger partial charge < -0.3 is 5.32 Å². The molecule has 0 amide bonds. The molecular weight excluding hydrogens is 294 g/mol. The van der Waals surface area contributed by atoms with Crippen molar-refractivity contribution in [2.45, 2.75) is 52.1 Å². The lowest BCUT2D eigenvalue weighted by atomic mass is 9.84. The van der Waals surface area contributed by atoms with Crippen LogP contribution in [0.1, 0.15) is 56.7 Å². The fourth-order valence-corrected chi connectivity index (χ4v) is 4.58. The van der Waals surface area contributed by atoms with Crippen molar-refractivity contribution in [1.29, 1.82) is 0 Å². The Bertz CT molecular complexity index is 468. The van der Waals surface area contributed by atoms with Gasteiger partial charge in [-0.05, 0) is 82.0 Å². The number of nitrogens with zero attached hydrogens (tertiary/aromatic N) is 2. The molecule has 2 aliphatic rings. The second-order valence-corrected chi connectivity index (χ2v) is 7.48. The molecule has 2 fully saturated rings. The van der Waals surface area contributed by atoms with E-state index in [0.717, 1.165) is 25.6 Å². The van der Waals surface area contributed by atoms with Crippen molar-refractivity contribution in [3.8, 4) is 0 Å². The second-order valence-electron chi connectivity index (χ2n) is 7.48. The molecule has 3 heteroatoms. The van der Waals surface area contributed by atoms with E-state index in [1.54, 1.807) is 0 Å². The number of likely N-dealkylation sites (tertiary alicyclic amines) is 1. The summed E-state index contributed by atoms with van der Waals surface area (Å²) in [5, 5.41) is 3.52. The van der Waals surface area contributed by atoms with Crippen molar-refractivity contribution in [2.75, 3.05) is 39.3 Å². The molecule has 3 rings (SSSR count). The topological polar surface area (TPSA) is 18.5 Å². The van der Waals surface area contributed by atoms with Gasteiger partial charge in [0.15, 0.2) is 0 Å². The first-order valence-electron chi connectivity index (χ1n) is 10.1. The number of nitrogens with one attached hydrogen (secondary N) is 1. The van der Waals surface area contributed by atoms with Crippen molar-refractivity contribution in [2.24, 2.45) is 5.92 Å². The van der Waals surface area contributed by atoms with Crippen LogP contribution in [0.25, 0.3) is 0 Å². The van der Waals surface area contributed by atoms with Crippen molar-refractivity contribution < 1.29 is 0 Å². The average Bonchev–Trinajstić information content (AvgIpc) is 3.14. The molecule has 1 aromatic carbocycles. The molecule has 0 aliphatic carbocycles. The van der Waals surface area contributed by atoms with Crippen molar-refractivity contribution in [3.63, 3.8) is 0 Å². The van der Waals surface area contributed by atoms with Gasteiger partial charge in [-0.15, -0.1) is 0 Å². The molecule has 2 saturated heterocycles. The van der Waals surface area contributed by atoms with Gasteiger partial charge in [-0.25, -0.2) is 0 Å². The maximum absolute atomic E-state index is 3.52. The fourth-order valence-electron chi connectivity index (χ4n) is 4.58. The highest BCUT2D eigenvalue weighted by Crippen LogP contribution is 2.34. The van der Waals surface area contributed by atoms with E-state index in [-0.39, 0.29) is 0 Å². The minimum absolute atomic E-state index is 0.586. The SMILES string of the molecule is CCN(CC)C(c1ccc(CN2CCCC2)cc1)C1CCNCC1. The summed E-state index contributed by atoms with van der Waals surface area (Å²) >= 11 is 0. The second kappa shape index (κ2) is 8.98. The van der Waals surface area contributed by atoms with Crippen LogP contribution in [0.15, 0.2) is 24.3 Å². The van der Waals surface area contributed by atoms with Gasteiger partial charge in [0.05, 0.1) is 0 Å². The van der Waals surface area contributed by atoms with E-state index in [2.05, 4.69) is 53.2 Å². The Balaban J connectivity index is 1.73. The van der Waals surface area contributed by atoms with E-state index in [1.165, 1.54) is 63.0 Å². The molecule has 3 nitrogen and oxygen atoms in total. The molecule has 134 valence electrons. The average molecular weight is 330 g/mol.